The van der Waals surface area contributed by atoms with Crippen molar-refractivity contribution in [3.63, 3.8) is 0 Å². The monoisotopic (exact) mass is 518 g/mol. The topological polar surface area (TPSA) is 122 Å². The molecule has 0 saturated heterocycles. The fourth-order valence-corrected chi connectivity index (χ4v) is 5.29. The molecular formula is C28H34N6O4. The summed E-state index contributed by atoms with van der Waals surface area (Å²) in [6.07, 6.45) is 1.93. The third-order valence-electron chi connectivity index (χ3n) is 7.28. The number of carbonyl (C=O) groups excluding carboxylic acids is 2. The second kappa shape index (κ2) is 10.5. The molecule has 2 atom stereocenters. The van der Waals surface area contributed by atoms with Crippen LogP contribution in [0.15, 0.2) is 30.3 Å². The Bertz CT molecular complexity index is 1370. The fraction of sp³-hybridized carbons (Fsp3) is 0.464. The summed E-state index contributed by atoms with van der Waals surface area (Å²) < 4.78 is 7.65. The predicted octanol–water partition coefficient (Wildman–Crippen LogP) is 3.40. The number of fused-ring (bicyclic) bond motifs is 2. The van der Waals surface area contributed by atoms with Crippen molar-refractivity contribution in [2.45, 2.75) is 65.1 Å². The number of ether oxygens (including phenoxy) is 1. The Balaban J connectivity index is 1.36. The number of nitrogens with one attached hydrogen (secondary N) is 1. The van der Waals surface area contributed by atoms with Crippen molar-refractivity contribution < 1.29 is 19.4 Å². The molecule has 200 valence electrons. The van der Waals surface area contributed by atoms with Gasteiger partial charge in [0.05, 0.1) is 12.7 Å². The molecule has 0 spiro atoms. The van der Waals surface area contributed by atoms with Gasteiger partial charge in [-0.2, -0.15) is 0 Å². The molecule has 3 aromatic rings. The van der Waals surface area contributed by atoms with Crippen molar-refractivity contribution in [3.05, 3.63) is 52.8 Å². The van der Waals surface area contributed by atoms with E-state index in [1.54, 1.807) is 17.0 Å². The Hall–Kier alpha value is -3.79. The van der Waals surface area contributed by atoms with Crippen molar-refractivity contribution >= 4 is 17.6 Å². The highest BCUT2D eigenvalue weighted by atomic mass is 16.5. The summed E-state index contributed by atoms with van der Waals surface area (Å²) in [6.45, 7) is 6.93. The highest BCUT2D eigenvalue weighted by Crippen LogP contribution is 2.31. The molecule has 4 heterocycles. The second-order valence-electron chi connectivity index (χ2n) is 10.5. The highest BCUT2D eigenvalue weighted by molar-refractivity contribution is 6.06. The number of amides is 2. The van der Waals surface area contributed by atoms with E-state index in [2.05, 4.69) is 32.0 Å². The number of carbonyl (C=O) groups is 2. The minimum atomic E-state index is -1.02. The Morgan fingerprint density at radius 2 is 2.00 bits per heavy atom. The molecule has 0 aliphatic carbocycles. The number of aryl methyl sites for hydroxylation is 1. The number of aliphatic hydroxyl groups excluding tert-OH is 1. The molecule has 0 unspecified atom stereocenters. The van der Waals surface area contributed by atoms with Crippen LogP contribution < -0.4 is 10.1 Å². The van der Waals surface area contributed by atoms with Crippen LogP contribution >= 0.6 is 0 Å². The molecule has 2 N–H and O–H groups in total. The van der Waals surface area contributed by atoms with E-state index in [1.165, 1.54) is 7.11 Å². The lowest BCUT2D eigenvalue weighted by molar-refractivity contribution is -0.141. The zero-order valence-electron chi connectivity index (χ0n) is 22.3. The molecule has 5 rings (SSSR count). The van der Waals surface area contributed by atoms with Crippen molar-refractivity contribution in [2.75, 3.05) is 19.0 Å². The minimum Gasteiger partial charge on any atom is -0.496 e. The molecule has 2 aromatic heterocycles. The number of methoxy groups -OCH3 is 1. The normalized spacial score (nSPS) is 17.2. The average molecular weight is 519 g/mol. The highest BCUT2D eigenvalue weighted by Gasteiger charge is 2.29. The summed E-state index contributed by atoms with van der Waals surface area (Å²) >= 11 is 0. The zero-order valence-corrected chi connectivity index (χ0v) is 22.3. The summed E-state index contributed by atoms with van der Waals surface area (Å²) in [5, 5.41) is 21.9. The first kappa shape index (κ1) is 25.8. The summed E-state index contributed by atoms with van der Waals surface area (Å²) in [5.74, 6) is 2.07. The summed E-state index contributed by atoms with van der Waals surface area (Å²) in [5.41, 5.74) is 2.88. The van der Waals surface area contributed by atoms with Gasteiger partial charge in [-0.05, 0) is 67.5 Å². The van der Waals surface area contributed by atoms with Crippen molar-refractivity contribution in [1.29, 1.82) is 0 Å². The van der Waals surface area contributed by atoms with Crippen LogP contribution in [0, 0.1) is 5.92 Å². The summed E-state index contributed by atoms with van der Waals surface area (Å²) in [4.78, 5) is 32.5. The number of anilines is 1. The molecule has 2 amide bonds. The predicted molar refractivity (Wildman–Crippen MR) is 142 cm³/mol. The maximum atomic E-state index is 13.4. The minimum absolute atomic E-state index is 0.215. The van der Waals surface area contributed by atoms with Gasteiger partial charge < -0.3 is 24.6 Å². The molecule has 38 heavy (non-hydrogen) atoms. The van der Waals surface area contributed by atoms with Crippen LogP contribution in [0.5, 0.6) is 5.75 Å². The van der Waals surface area contributed by atoms with Gasteiger partial charge in [0.2, 0.25) is 0 Å². The lowest BCUT2D eigenvalue weighted by atomic mass is 9.95. The molecule has 0 saturated carbocycles. The molecule has 0 bridgehead atoms. The fourth-order valence-electron chi connectivity index (χ4n) is 5.29. The van der Waals surface area contributed by atoms with E-state index in [0.29, 0.717) is 60.6 Å². The molecule has 0 radical (unpaired) electrons. The van der Waals surface area contributed by atoms with Gasteiger partial charge in [-0.15, -0.1) is 10.2 Å². The standard InChI is InChI=1S/C28H34N6O4/c1-16(2)12-22(35)28(37)33-11-10-18-14-23(38-4)20(13-19(18)15-33)27(36)30-24-7-5-6-21(29-24)26-32-31-25-9-8-17(3)34(25)26/h5-7,13-14,16-17,22,35H,8-12,15H2,1-4H3,(H,29,30,36)/t17-,22+/m1/s1. The van der Waals surface area contributed by atoms with Crippen LogP contribution in [-0.4, -0.2) is 61.3 Å². The van der Waals surface area contributed by atoms with Crippen LogP contribution in [0.4, 0.5) is 5.82 Å². The molecular weight excluding hydrogens is 484 g/mol. The number of aromatic nitrogens is 4. The lowest BCUT2D eigenvalue weighted by Gasteiger charge is -2.31. The van der Waals surface area contributed by atoms with Gasteiger partial charge in [-0.3, -0.25) is 9.59 Å². The molecule has 2 aliphatic rings. The van der Waals surface area contributed by atoms with Gasteiger partial charge in [0.1, 0.15) is 29.2 Å². The van der Waals surface area contributed by atoms with Gasteiger partial charge in [-0.1, -0.05) is 19.9 Å². The summed E-state index contributed by atoms with van der Waals surface area (Å²) in [6, 6.07) is 9.35. The number of rotatable bonds is 7. The number of benzene rings is 1. The van der Waals surface area contributed by atoms with E-state index < -0.39 is 6.10 Å². The third-order valence-corrected chi connectivity index (χ3v) is 7.28. The number of hydrogen-bond acceptors (Lipinski definition) is 7. The van der Waals surface area contributed by atoms with Gasteiger partial charge in [0.15, 0.2) is 5.82 Å². The Morgan fingerprint density at radius 1 is 1.18 bits per heavy atom. The number of aliphatic hydroxyl groups is 1. The number of nitrogens with zero attached hydrogens (tertiary/aromatic N) is 5. The van der Waals surface area contributed by atoms with Gasteiger partial charge in [0, 0.05) is 25.6 Å². The molecule has 10 heteroatoms. The van der Waals surface area contributed by atoms with E-state index in [-0.39, 0.29) is 17.7 Å². The van der Waals surface area contributed by atoms with Crippen LogP contribution in [0.3, 0.4) is 0 Å². The first-order chi connectivity index (χ1) is 18.2. The lowest BCUT2D eigenvalue weighted by Crippen LogP contribution is -2.42. The van der Waals surface area contributed by atoms with E-state index in [9.17, 15) is 14.7 Å². The number of hydrogen-bond donors (Lipinski definition) is 2. The van der Waals surface area contributed by atoms with E-state index in [1.807, 2.05) is 32.0 Å². The molecule has 2 aliphatic heterocycles. The van der Waals surface area contributed by atoms with E-state index in [0.717, 1.165) is 29.8 Å². The largest absolute Gasteiger partial charge is 0.496 e. The Labute approximate surface area is 222 Å². The van der Waals surface area contributed by atoms with Crippen molar-refractivity contribution in [3.8, 4) is 17.3 Å². The smallest absolute Gasteiger partial charge is 0.260 e. The quantitative estimate of drug-likeness (QED) is 0.491. The maximum absolute atomic E-state index is 13.4. The molecule has 1 aromatic carbocycles. The Morgan fingerprint density at radius 3 is 2.76 bits per heavy atom. The van der Waals surface area contributed by atoms with Crippen molar-refractivity contribution in [2.24, 2.45) is 5.92 Å². The third kappa shape index (κ3) is 5.00. The average Bonchev–Trinajstić information content (AvgIpc) is 3.49. The van der Waals surface area contributed by atoms with Gasteiger partial charge in [-0.25, -0.2) is 4.98 Å². The van der Waals surface area contributed by atoms with Crippen LogP contribution in [0.25, 0.3) is 11.5 Å². The zero-order chi connectivity index (χ0) is 27.0. The van der Waals surface area contributed by atoms with Gasteiger partial charge in [0.25, 0.3) is 11.8 Å². The van der Waals surface area contributed by atoms with Crippen LogP contribution in [-0.2, 0) is 24.2 Å². The SMILES string of the molecule is COc1cc2c(cc1C(=O)Nc1cccc(-c3nnc4n3[C@H](C)CC4)n1)CN(C(=O)[C@@H](O)CC(C)C)CC2. The van der Waals surface area contributed by atoms with Crippen LogP contribution in [0.1, 0.15) is 67.0 Å². The van der Waals surface area contributed by atoms with Gasteiger partial charge >= 0.3 is 0 Å². The first-order valence-electron chi connectivity index (χ1n) is 13.1. The van der Waals surface area contributed by atoms with Crippen molar-refractivity contribution in [1.82, 2.24) is 24.6 Å². The Kier molecular flexibility index (Phi) is 7.16. The summed E-state index contributed by atoms with van der Waals surface area (Å²) in [7, 11) is 1.53. The molecule has 0 fully saturated rings. The first-order valence-corrected chi connectivity index (χ1v) is 13.1. The second-order valence-corrected chi connectivity index (χ2v) is 10.5. The van der Waals surface area contributed by atoms with E-state index in [4.69, 9.17) is 4.74 Å². The van der Waals surface area contributed by atoms with Crippen LogP contribution in [0.2, 0.25) is 0 Å². The van der Waals surface area contributed by atoms with E-state index >= 15 is 0 Å². The number of pyridine rings is 1. The maximum Gasteiger partial charge on any atom is 0.260 e. The molecule has 10 nitrogen and oxygen atoms in total.